The maximum absolute atomic E-state index is 5.68. The Hall–Kier alpha value is -0.120. The van der Waals surface area contributed by atoms with Crippen molar-refractivity contribution < 1.29 is 9.47 Å². The van der Waals surface area contributed by atoms with Crippen molar-refractivity contribution in [2.75, 3.05) is 19.8 Å². The van der Waals surface area contributed by atoms with Crippen LogP contribution >= 0.6 is 0 Å². The quantitative estimate of drug-likeness (QED) is 0.603. The number of ether oxygens (including phenoxy) is 2. The Bertz CT molecular complexity index is 126. The molecule has 0 unspecified atom stereocenters. The molecule has 0 radical (unpaired) electrons. The first kappa shape index (κ1) is 14.9. The molecule has 0 saturated carbocycles. The number of hydrogen-bond donors (Lipinski definition) is 1. The average molecular weight is 217 g/mol. The van der Waals surface area contributed by atoms with E-state index >= 15 is 0 Å². The summed E-state index contributed by atoms with van der Waals surface area (Å²) < 4.78 is 11.4. The van der Waals surface area contributed by atoms with Crippen molar-refractivity contribution in [1.82, 2.24) is 0 Å². The third-order valence-corrected chi connectivity index (χ3v) is 1.87. The van der Waals surface area contributed by atoms with E-state index in [2.05, 4.69) is 27.7 Å². The van der Waals surface area contributed by atoms with E-state index in [0.717, 1.165) is 26.1 Å². The van der Waals surface area contributed by atoms with Gasteiger partial charge in [0.05, 0.1) is 13.2 Å². The van der Waals surface area contributed by atoms with Crippen LogP contribution in [-0.2, 0) is 9.47 Å². The molecule has 0 aromatic rings. The van der Waals surface area contributed by atoms with Crippen LogP contribution in [0.25, 0.3) is 0 Å². The van der Waals surface area contributed by atoms with Crippen LogP contribution in [0.15, 0.2) is 0 Å². The summed E-state index contributed by atoms with van der Waals surface area (Å²) in [4.78, 5) is 0. The lowest BCUT2D eigenvalue weighted by Gasteiger charge is -2.20. The van der Waals surface area contributed by atoms with Gasteiger partial charge in [0, 0.05) is 0 Å². The molecule has 0 aromatic carbocycles. The largest absolute Gasteiger partial charge is 0.352 e. The first-order valence-corrected chi connectivity index (χ1v) is 5.99. The molecule has 3 nitrogen and oxygen atoms in total. The summed E-state index contributed by atoms with van der Waals surface area (Å²) >= 11 is 0. The summed E-state index contributed by atoms with van der Waals surface area (Å²) in [5.41, 5.74) is 5.48. The van der Waals surface area contributed by atoms with Gasteiger partial charge in [-0.15, -0.1) is 0 Å². The topological polar surface area (TPSA) is 44.5 Å². The summed E-state index contributed by atoms with van der Waals surface area (Å²) in [7, 11) is 0. The highest BCUT2D eigenvalue weighted by molar-refractivity contribution is 4.51. The normalized spacial score (nSPS) is 12.0. The maximum Gasteiger partial charge on any atom is 0.157 e. The number of hydrogen-bond acceptors (Lipinski definition) is 3. The smallest absolute Gasteiger partial charge is 0.157 e. The Morgan fingerprint density at radius 3 is 1.73 bits per heavy atom. The molecule has 0 atom stereocenters. The zero-order valence-corrected chi connectivity index (χ0v) is 10.7. The minimum atomic E-state index is -0.0710. The molecule has 0 aliphatic carbocycles. The molecule has 0 spiro atoms. The van der Waals surface area contributed by atoms with Crippen molar-refractivity contribution in [3.63, 3.8) is 0 Å². The van der Waals surface area contributed by atoms with Gasteiger partial charge in [-0.25, -0.2) is 0 Å². The van der Waals surface area contributed by atoms with E-state index in [4.69, 9.17) is 15.2 Å². The lowest BCUT2D eigenvalue weighted by atomic mass is 10.2. The molecule has 3 heteroatoms. The summed E-state index contributed by atoms with van der Waals surface area (Å²) in [6.07, 6.45) is 1.79. The minimum absolute atomic E-state index is 0.0710. The molecule has 0 heterocycles. The fourth-order valence-electron chi connectivity index (χ4n) is 1.10. The standard InChI is InChI=1S/C12H27NO2/c1-10(2)8-14-12(6-5-7-13)15-9-11(3)4/h10-12H,5-9,13H2,1-4H3. The molecule has 15 heavy (non-hydrogen) atoms. The van der Waals surface area contributed by atoms with Crippen molar-refractivity contribution in [3.8, 4) is 0 Å². The summed E-state index contributed by atoms with van der Waals surface area (Å²) in [6, 6.07) is 0. The van der Waals surface area contributed by atoms with E-state index in [1.807, 2.05) is 0 Å². The molecule has 0 saturated heterocycles. The molecule has 0 rings (SSSR count). The highest BCUT2D eigenvalue weighted by Crippen LogP contribution is 2.08. The summed E-state index contributed by atoms with van der Waals surface area (Å²) in [5.74, 6) is 1.10. The summed E-state index contributed by atoms with van der Waals surface area (Å²) in [5, 5.41) is 0. The lowest BCUT2D eigenvalue weighted by Crippen LogP contribution is -2.23. The Balaban J connectivity index is 3.73. The van der Waals surface area contributed by atoms with Gasteiger partial charge in [0.1, 0.15) is 0 Å². The monoisotopic (exact) mass is 217 g/mol. The van der Waals surface area contributed by atoms with Crippen LogP contribution in [0.3, 0.4) is 0 Å². The van der Waals surface area contributed by atoms with Crippen LogP contribution in [0.5, 0.6) is 0 Å². The SMILES string of the molecule is CC(C)COC(CCCN)OCC(C)C. The second kappa shape index (κ2) is 9.13. The van der Waals surface area contributed by atoms with Gasteiger partial charge in [-0.05, 0) is 31.2 Å². The molecular weight excluding hydrogens is 190 g/mol. The van der Waals surface area contributed by atoms with Crippen molar-refractivity contribution in [2.45, 2.75) is 46.8 Å². The Labute approximate surface area is 94.3 Å². The highest BCUT2D eigenvalue weighted by Gasteiger charge is 2.10. The van der Waals surface area contributed by atoms with Gasteiger partial charge >= 0.3 is 0 Å². The molecule has 2 N–H and O–H groups in total. The second-order valence-corrected chi connectivity index (χ2v) is 4.81. The van der Waals surface area contributed by atoms with Gasteiger partial charge in [-0.2, -0.15) is 0 Å². The van der Waals surface area contributed by atoms with E-state index in [-0.39, 0.29) is 6.29 Å². The second-order valence-electron chi connectivity index (χ2n) is 4.81. The Kier molecular flexibility index (Phi) is 9.06. The van der Waals surface area contributed by atoms with E-state index in [9.17, 15) is 0 Å². The first-order valence-electron chi connectivity index (χ1n) is 5.99. The van der Waals surface area contributed by atoms with E-state index < -0.39 is 0 Å². The van der Waals surface area contributed by atoms with Gasteiger partial charge in [0.15, 0.2) is 6.29 Å². The minimum Gasteiger partial charge on any atom is -0.352 e. The zero-order chi connectivity index (χ0) is 11.7. The van der Waals surface area contributed by atoms with Crippen LogP contribution in [0.1, 0.15) is 40.5 Å². The average Bonchev–Trinajstić information content (AvgIpc) is 2.16. The van der Waals surface area contributed by atoms with Gasteiger partial charge < -0.3 is 15.2 Å². The first-order chi connectivity index (χ1) is 7.06. The van der Waals surface area contributed by atoms with Crippen LogP contribution in [0.4, 0.5) is 0 Å². The molecule has 0 fully saturated rings. The van der Waals surface area contributed by atoms with Crippen molar-refractivity contribution in [2.24, 2.45) is 17.6 Å². The number of nitrogens with two attached hydrogens (primary N) is 1. The van der Waals surface area contributed by atoms with Gasteiger partial charge in [-0.1, -0.05) is 27.7 Å². The van der Waals surface area contributed by atoms with Gasteiger partial charge in [0.2, 0.25) is 0 Å². The van der Waals surface area contributed by atoms with Crippen LogP contribution in [0.2, 0.25) is 0 Å². The van der Waals surface area contributed by atoms with Crippen molar-refractivity contribution in [1.29, 1.82) is 0 Å². The highest BCUT2D eigenvalue weighted by atomic mass is 16.7. The maximum atomic E-state index is 5.68. The Morgan fingerprint density at radius 1 is 0.933 bits per heavy atom. The molecule has 0 amide bonds. The molecule has 0 bridgehead atoms. The van der Waals surface area contributed by atoms with E-state index in [0.29, 0.717) is 18.4 Å². The zero-order valence-electron chi connectivity index (χ0n) is 10.7. The van der Waals surface area contributed by atoms with Gasteiger partial charge in [-0.3, -0.25) is 0 Å². The third kappa shape index (κ3) is 10.2. The summed E-state index contributed by atoms with van der Waals surface area (Å²) in [6.45, 7) is 10.8. The van der Waals surface area contributed by atoms with Crippen molar-refractivity contribution >= 4 is 0 Å². The Morgan fingerprint density at radius 2 is 1.40 bits per heavy atom. The molecule has 92 valence electrons. The predicted octanol–water partition coefficient (Wildman–Crippen LogP) is 2.40. The van der Waals surface area contributed by atoms with Crippen LogP contribution < -0.4 is 5.73 Å². The lowest BCUT2D eigenvalue weighted by molar-refractivity contribution is -0.157. The van der Waals surface area contributed by atoms with Crippen molar-refractivity contribution in [3.05, 3.63) is 0 Å². The molecule has 0 aliphatic rings. The van der Waals surface area contributed by atoms with E-state index in [1.54, 1.807) is 0 Å². The van der Waals surface area contributed by atoms with Crippen LogP contribution in [-0.4, -0.2) is 26.0 Å². The third-order valence-electron chi connectivity index (χ3n) is 1.87. The number of rotatable bonds is 9. The molecule has 0 aromatic heterocycles. The fourth-order valence-corrected chi connectivity index (χ4v) is 1.10. The van der Waals surface area contributed by atoms with Crippen LogP contribution in [0, 0.1) is 11.8 Å². The van der Waals surface area contributed by atoms with Gasteiger partial charge in [0.25, 0.3) is 0 Å². The fraction of sp³-hybridized carbons (Fsp3) is 1.00. The molecule has 0 aliphatic heterocycles. The molecular formula is C12H27NO2. The predicted molar refractivity (Wildman–Crippen MR) is 63.7 cm³/mol. The van der Waals surface area contributed by atoms with E-state index in [1.165, 1.54) is 0 Å².